The largest absolute Gasteiger partial charge is 0.295 e. The van der Waals surface area contributed by atoms with Gasteiger partial charge >= 0.3 is 0 Å². The van der Waals surface area contributed by atoms with E-state index in [-0.39, 0.29) is 0 Å². The lowest BCUT2D eigenvalue weighted by Crippen LogP contribution is -2.48. The van der Waals surface area contributed by atoms with Crippen LogP contribution in [0.25, 0.3) is 0 Å². The number of benzene rings is 1. The zero-order valence-corrected chi connectivity index (χ0v) is 12.3. The number of hydrogen-bond acceptors (Lipinski definition) is 1. The average molecular weight is 257 g/mol. The maximum atomic E-state index is 2.86. The smallest absolute Gasteiger partial charge is 0.0213 e. The van der Waals surface area contributed by atoms with Crippen LogP contribution in [0.5, 0.6) is 0 Å². The van der Waals surface area contributed by atoms with Gasteiger partial charge in [0.2, 0.25) is 0 Å². The molecular formula is C18H27N. The van der Waals surface area contributed by atoms with Gasteiger partial charge in [-0.1, -0.05) is 49.6 Å². The quantitative estimate of drug-likeness (QED) is 0.775. The van der Waals surface area contributed by atoms with Crippen LogP contribution in [0.2, 0.25) is 0 Å². The molecule has 1 saturated carbocycles. The van der Waals surface area contributed by atoms with Crippen LogP contribution >= 0.6 is 0 Å². The molecule has 0 N–H and O–H groups in total. The molecule has 1 aromatic rings. The van der Waals surface area contributed by atoms with Crippen molar-refractivity contribution in [2.75, 3.05) is 6.54 Å². The first-order chi connectivity index (χ1) is 9.30. The fraction of sp³-hybridized carbons (Fsp3) is 0.667. The second-order valence-electron chi connectivity index (χ2n) is 6.60. The molecule has 104 valence electrons. The van der Waals surface area contributed by atoms with Crippen LogP contribution in [-0.2, 0) is 6.42 Å². The summed E-state index contributed by atoms with van der Waals surface area (Å²) < 4.78 is 0. The molecule has 1 unspecified atom stereocenters. The summed E-state index contributed by atoms with van der Waals surface area (Å²) in [4.78, 5) is 2.86. The van der Waals surface area contributed by atoms with Crippen molar-refractivity contribution in [3.63, 3.8) is 0 Å². The van der Waals surface area contributed by atoms with Crippen molar-refractivity contribution in [2.45, 2.75) is 69.9 Å². The van der Waals surface area contributed by atoms with Gasteiger partial charge in [-0.15, -0.1) is 0 Å². The van der Waals surface area contributed by atoms with Gasteiger partial charge in [0.05, 0.1) is 0 Å². The van der Waals surface area contributed by atoms with Crippen LogP contribution in [0, 0.1) is 0 Å². The third kappa shape index (κ3) is 2.72. The Labute approximate surface area is 118 Å². The van der Waals surface area contributed by atoms with Crippen molar-refractivity contribution in [3.05, 3.63) is 35.9 Å². The first kappa shape index (κ1) is 13.2. The van der Waals surface area contributed by atoms with Crippen LogP contribution in [0.3, 0.4) is 0 Å². The highest BCUT2D eigenvalue weighted by Crippen LogP contribution is 2.44. The minimum Gasteiger partial charge on any atom is -0.295 e. The molecule has 1 heteroatoms. The fourth-order valence-electron chi connectivity index (χ4n) is 4.34. The number of likely N-dealkylation sites (tertiary alicyclic amines) is 1. The molecule has 3 rings (SSSR count). The third-order valence-corrected chi connectivity index (χ3v) is 5.44. The molecule has 0 radical (unpaired) electrons. The van der Waals surface area contributed by atoms with Crippen molar-refractivity contribution < 1.29 is 0 Å². The van der Waals surface area contributed by atoms with Gasteiger partial charge in [-0.05, 0) is 44.6 Å². The lowest BCUT2D eigenvalue weighted by Gasteiger charge is -2.43. The van der Waals surface area contributed by atoms with E-state index in [0.717, 1.165) is 6.04 Å². The summed E-state index contributed by atoms with van der Waals surface area (Å²) in [5, 5.41) is 0. The second kappa shape index (κ2) is 5.66. The predicted molar refractivity (Wildman–Crippen MR) is 81.4 cm³/mol. The van der Waals surface area contributed by atoms with E-state index in [2.05, 4.69) is 42.2 Å². The highest BCUT2D eigenvalue weighted by molar-refractivity contribution is 5.15. The fourth-order valence-corrected chi connectivity index (χ4v) is 4.34. The van der Waals surface area contributed by atoms with Crippen molar-refractivity contribution in [1.29, 1.82) is 0 Å². The number of rotatable bonds is 3. The average Bonchev–Trinajstić information content (AvgIpc) is 2.75. The first-order valence-electron chi connectivity index (χ1n) is 8.11. The summed E-state index contributed by atoms with van der Waals surface area (Å²) in [7, 11) is 0. The van der Waals surface area contributed by atoms with Crippen molar-refractivity contribution in [1.82, 2.24) is 4.90 Å². The summed E-state index contributed by atoms with van der Waals surface area (Å²) in [5.41, 5.74) is 2.07. The normalized spacial score (nSPS) is 26.9. The van der Waals surface area contributed by atoms with Gasteiger partial charge in [0.25, 0.3) is 0 Å². The van der Waals surface area contributed by atoms with Crippen LogP contribution in [0.15, 0.2) is 30.3 Å². The number of nitrogens with zero attached hydrogens (tertiary/aromatic N) is 1. The zero-order valence-electron chi connectivity index (χ0n) is 12.3. The van der Waals surface area contributed by atoms with Gasteiger partial charge in [0.15, 0.2) is 0 Å². The first-order valence-corrected chi connectivity index (χ1v) is 8.11. The lowest BCUT2D eigenvalue weighted by atomic mass is 9.79. The molecule has 1 atom stereocenters. The van der Waals surface area contributed by atoms with Crippen LogP contribution in [0.4, 0.5) is 0 Å². The van der Waals surface area contributed by atoms with E-state index in [9.17, 15) is 0 Å². The third-order valence-electron chi connectivity index (χ3n) is 5.44. The van der Waals surface area contributed by atoms with Gasteiger partial charge in [-0.3, -0.25) is 4.90 Å². The van der Waals surface area contributed by atoms with Crippen molar-refractivity contribution >= 4 is 0 Å². The molecule has 1 nitrogen and oxygen atoms in total. The summed E-state index contributed by atoms with van der Waals surface area (Å²) in [6.45, 7) is 3.69. The van der Waals surface area contributed by atoms with E-state index >= 15 is 0 Å². The molecule has 19 heavy (non-hydrogen) atoms. The Hall–Kier alpha value is -0.820. The van der Waals surface area contributed by atoms with Crippen LogP contribution in [0.1, 0.15) is 57.4 Å². The molecule has 0 amide bonds. The monoisotopic (exact) mass is 257 g/mol. The summed E-state index contributed by atoms with van der Waals surface area (Å²) in [6, 6.07) is 11.8. The molecule has 2 fully saturated rings. The van der Waals surface area contributed by atoms with Gasteiger partial charge in [-0.2, -0.15) is 0 Å². The van der Waals surface area contributed by atoms with E-state index in [1.807, 2.05) is 0 Å². The Morgan fingerprint density at radius 2 is 1.79 bits per heavy atom. The lowest BCUT2D eigenvalue weighted by molar-refractivity contribution is 0.0692. The molecule has 1 spiro atoms. The topological polar surface area (TPSA) is 3.24 Å². The van der Waals surface area contributed by atoms with Crippen molar-refractivity contribution in [3.8, 4) is 0 Å². The van der Waals surface area contributed by atoms with Crippen LogP contribution < -0.4 is 0 Å². The van der Waals surface area contributed by atoms with Gasteiger partial charge < -0.3 is 0 Å². The van der Waals surface area contributed by atoms with E-state index in [1.54, 1.807) is 0 Å². The van der Waals surface area contributed by atoms with Gasteiger partial charge in [-0.25, -0.2) is 0 Å². The molecule has 1 aliphatic heterocycles. The predicted octanol–water partition coefficient (Wildman–Crippen LogP) is 4.42. The summed E-state index contributed by atoms with van der Waals surface area (Å²) >= 11 is 0. The van der Waals surface area contributed by atoms with Crippen LogP contribution in [-0.4, -0.2) is 23.0 Å². The molecular weight excluding hydrogens is 230 g/mol. The summed E-state index contributed by atoms with van der Waals surface area (Å²) in [5.74, 6) is 0. The minimum atomic E-state index is 0.576. The highest BCUT2D eigenvalue weighted by Gasteiger charge is 2.44. The Bertz CT molecular complexity index is 386. The molecule has 2 aliphatic rings. The number of hydrogen-bond donors (Lipinski definition) is 0. The van der Waals surface area contributed by atoms with E-state index in [4.69, 9.17) is 0 Å². The van der Waals surface area contributed by atoms with E-state index in [1.165, 1.54) is 63.5 Å². The Balaban J connectivity index is 1.67. The molecule has 0 aromatic heterocycles. The van der Waals surface area contributed by atoms with Gasteiger partial charge in [0, 0.05) is 18.1 Å². The molecule has 1 aliphatic carbocycles. The Kier molecular flexibility index (Phi) is 3.93. The molecule has 0 bridgehead atoms. The molecule has 1 saturated heterocycles. The van der Waals surface area contributed by atoms with E-state index in [0.29, 0.717) is 5.54 Å². The standard InChI is InChI=1S/C18H27N/c1-16-10-14-18(12-6-3-7-13-18)19(16)15-11-17-8-4-2-5-9-17/h2,4-5,8-9,16H,3,6-7,10-15H2,1H3. The summed E-state index contributed by atoms with van der Waals surface area (Å²) in [6.07, 6.45) is 11.3. The van der Waals surface area contributed by atoms with E-state index < -0.39 is 0 Å². The highest BCUT2D eigenvalue weighted by atomic mass is 15.2. The zero-order chi connectivity index (χ0) is 13.1. The SMILES string of the molecule is CC1CCC2(CCCCC2)N1CCc1ccccc1. The van der Waals surface area contributed by atoms with Crippen molar-refractivity contribution in [2.24, 2.45) is 0 Å². The van der Waals surface area contributed by atoms with Gasteiger partial charge in [0.1, 0.15) is 0 Å². The second-order valence-corrected chi connectivity index (χ2v) is 6.60. The molecule has 1 aromatic carbocycles. The minimum absolute atomic E-state index is 0.576. The Morgan fingerprint density at radius 1 is 1.05 bits per heavy atom. The maximum absolute atomic E-state index is 2.86. The Morgan fingerprint density at radius 3 is 2.53 bits per heavy atom. The maximum Gasteiger partial charge on any atom is 0.0213 e. The molecule has 1 heterocycles.